The van der Waals surface area contributed by atoms with Crippen molar-refractivity contribution < 1.29 is 9.21 Å². The van der Waals surface area contributed by atoms with Gasteiger partial charge in [0.15, 0.2) is 0 Å². The summed E-state index contributed by atoms with van der Waals surface area (Å²) in [6.07, 6.45) is 7.18. The number of carbonyl (C=O) groups is 1. The highest BCUT2D eigenvalue weighted by Crippen LogP contribution is 2.27. The second-order valence-corrected chi connectivity index (χ2v) is 7.36. The van der Waals surface area contributed by atoms with E-state index in [0.29, 0.717) is 23.6 Å². The van der Waals surface area contributed by atoms with Gasteiger partial charge in [0.2, 0.25) is 5.95 Å². The van der Waals surface area contributed by atoms with Crippen LogP contribution >= 0.6 is 0 Å². The number of furan rings is 1. The molecule has 152 valence electrons. The van der Waals surface area contributed by atoms with Crippen molar-refractivity contribution in [3.63, 3.8) is 0 Å². The van der Waals surface area contributed by atoms with E-state index < -0.39 is 0 Å². The predicted molar refractivity (Wildman–Crippen MR) is 114 cm³/mol. The zero-order chi connectivity index (χ0) is 21.2. The highest BCUT2D eigenvalue weighted by Gasteiger charge is 2.26. The Labute approximate surface area is 178 Å². The van der Waals surface area contributed by atoms with Gasteiger partial charge >= 0.3 is 0 Å². The lowest BCUT2D eigenvalue weighted by atomic mass is 10.1. The second-order valence-electron chi connectivity index (χ2n) is 7.36. The molecule has 1 saturated heterocycles. The van der Waals surface area contributed by atoms with Crippen molar-refractivity contribution in [2.45, 2.75) is 12.5 Å². The van der Waals surface area contributed by atoms with E-state index in [1.807, 2.05) is 47.4 Å². The highest BCUT2D eigenvalue weighted by atomic mass is 16.3. The zero-order valence-electron chi connectivity index (χ0n) is 16.5. The van der Waals surface area contributed by atoms with Gasteiger partial charge in [-0.3, -0.25) is 9.78 Å². The van der Waals surface area contributed by atoms with Gasteiger partial charge in [-0.1, -0.05) is 12.1 Å². The van der Waals surface area contributed by atoms with Crippen molar-refractivity contribution >= 4 is 22.8 Å². The first kappa shape index (κ1) is 18.8. The van der Waals surface area contributed by atoms with Crippen molar-refractivity contribution in [2.75, 3.05) is 18.0 Å². The molecule has 4 aromatic rings. The first-order valence-electron chi connectivity index (χ1n) is 9.92. The van der Waals surface area contributed by atoms with E-state index in [9.17, 15) is 4.79 Å². The molecule has 8 heteroatoms. The number of hydrogen-bond acceptors (Lipinski definition) is 7. The molecule has 1 N–H and O–H groups in total. The maximum Gasteiger partial charge on any atom is 0.251 e. The van der Waals surface area contributed by atoms with Gasteiger partial charge in [-0.15, -0.1) is 0 Å². The quantitative estimate of drug-likeness (QED) is 0.550. The lowest BCUT2D eigenvalue weighted by molar-refractivity contribution is 0.0940. The lowest BCUT2D eigenvalue weighted by Crippen LogP contribution is -2.37. The molecular formula is C23H18N6O2. The van der Waals surface area contributed by atoms with Gasteiger partial charge in [-0.05, 0) is 30.7 Å². The Balaban J connectivity index is 1.25. The summed E-state index contributed by atoms with van der Waals surface area (Å²) in [6.45, 7) is 1.37. The lowest BCUT2D eigenvalue weighted by Gasteiger charge is -2.16. The minimum atomic E-state index is -0.117. The molecule has 0 aliphatic carbocycles. The summed E-state index contributed by atoms with van der Waals surface area (Å²) in [7, 11) is 0. The molecule has 4 heterocycles. The molecule has 1 atom stereocenters. The zero-order valence-corrected chi connectivity index (χ0v) is 16.5. The Kier molecular flexibility index (Phi) is 4.77. The number of nitrogens with zero attached hydrogens (tertiary/aromatic N) is 5. The highest BCUT2D eigenvalue weighted by molar-refractivity contribution is 5.96. The third-order valence-corrected chi connectivity index (χ3v) is 5.37. The first-order chi connectivity index (χ1) is 15.2. The predicted octanol–water partition coefficient (Wildman–Crippen LogP) is 3.17. The van der Waals surface area contributed by atoms with Crippen LogP contribution in [0.5, 0.6) is 0 Å². The van der Waals surface area contributed by atoms with Crippen LogP contribution in [0.2, 0.25) is 0 Å². The summed E-state index contributed by atoms with van der Waals surface area (Å²) in [5, 5.41) is 12.9. The minimum absolute atomic E-state index is 0.00719. The molecule has 3 aromatic heterocycles. The Hall–Kier alpha value is -4.25. The van der Waals surface area contributed by atoms with E-state index >= 15 is 0 Å². The van der Waals surface area contributed by atoms with Crippen LogP contribution in [0.25, 0.3) is 22.2 Å². The fourth-order valence-corrected chi connectivity index (χ4v) is 3.77. The van der Waals surface area contributed by atoms with Crippen LogP contribution in [0.1, 0.15) is 22.3 Å². The van der Waals surface area contributed by atoms with Gasteiger partial charge in [0.25, 0.3) is 5.91 Å². The molecule has 1 aromatic carbocycles. The number of rotatable bonds is 4. The first-order valence-corrected chi connectivity index (χ1v) is 9.92. The van der Waals surface area contributed by atoms with E-state index in [-0.39, 0.29) is 11.9 Å². The fourth-order valence-electron chi connectivity index (χ4n) is 3.77. The summed E-state index contributed by atoms with van der Waals surface area (Å²) in [5.74, 6) is 0.453. The van der Waals surface area contributed by atoms with Crippen LogP contribution in [0, 0.1) is 11.3 Å². The van der Waals surface area contributed by atoms with E-state index in [1.54, 1.807) is 12.5 Å². The van der Waals surface area contributed by atoms with Gasteiger partial charge in [0.1, 0.15) is 11.7 Å². The van der Waals surface area contributed by atoms with Crippen molar-refractivity contribution in [1.82, 2.24) is 20.3 Å². The van der Waals surface area contributed by atoms with E-state index in [1.165, 1.54) is 12.4 Å². The smallest absolute Gasteiger partial charge is 0.251 e. The third-order valence-electron chi connectivity index (χ3n) is 5.37. The molecule has 1 aliphatic heterocycles. The van der Waals surface area contributed by atoms with Crippen LogP contribution < -0.4 is 10.2 Å². The Morgan fingerprint density at radius 1 is 1.13 bits per heavy atom. The van der Waals surface area contributed by atoms with Crippen molar-refractivity contribution in [2.24, 2.45) is 0 Å². The van der Waals surface area contributed by atoms with Crippen molar-refractivity contribution in [3.05, 3.63) is 72.4 Å². The maximum absolute atomic E-state index is 12.7. The Morgan fingerprint density at radius 3 is 2.71 bits per heavy atom. The average molecular weight is 410 g/mol. The van der Waals surface area contributed by atoms with Gasteiger partial charge in [0, 0.05) is 41.8 Å². The number of amides is 1. The summed E-state index contributed by atoms with van der Waals surface area (Å²) in [6, 6.07) is 13.1. The molecule has 0 saturated carbocycles. The monoisotopic (exact) mass is 410 g/mol. The number of anilines is 1. The molecule has 0 radical (unpaired) electrons. The van der Waals surface area contributed by atoms with E-state index in [0.717, 1.165) is 35.2 Å². The van der Waals surface area contributed by atoms with Crippen molar-refractivity contribution in [3.8, 4) is 17.3 Å². The van der Waals surface area contributed by atoms with E-state index in [4.69, 9.17) is 9.68 Å². The number of nitrogens with one attached hydrogen (secondary N) is 1. The topological polar surface area (TPSA) is 108 Å². The molecule has 1 unspecified atom stereocenters. The van der Waals surface area contributed by atoms with Gasteiger partial charge in [0.05, 0.1) is 29.9 Å². The summed E-state index contributed by atoms with van der Waals surface area (Å²) >= 11 is 0. The second kappa shape index (κ2) is 7.88. The molecular weight excluding hydrogens is 392 g/mol. The minimum Gasteiger partial charge on any atom is -0.464 e. The number of fused-ring (bicyclic) bond motifs is 1. The molecule has 1 fully saturated rings. The molecule has 8 nitrogen and oxygen atoms in total. The number of benzene rings is 1. The standard InChI is InChI=1S/C23H18N6O2/c24-11-15-12-26-23(27-13-15)29-9-6-18(14-29)28-22(30)17-3-1-16(2-4-17)21-19-7-10-31-20(19)5-8-25-21/h1-5,7-8,10,12-13,18H,6,9,14H2,(H,28,30). The van der Waals surface area contributed by atoms with Crippen LogP contribution in [0.3, 0.4) is 0 Å². The van der Waals surface area contributed by atoms with Crippen LogP contribution in [0.4, 0.5) is 5.95 Å². The van der Waals surface area contributed by atoms with Crippen LogP contribution in [-0.4, -0.2) is 40.0 Å². The normalized spacial score (nSPS) is 15.7. The Bertz CT molecular complexity index is 1270. The molecule has 0 bridgehead atoms. The summed E-state index contributed by atoms with van der Waals surface area (Å²) in [5.41, 5.74) is 3.55. The number of nitriles is 1. The van der Waals surface area contributed by atoms with Gasteiger partial charge < -0.3 is 14.6 Å². The van der Waals surface area contributed by atoms with Crippen molar-refractivity contribution in [1.29, 1.82) is 5.26 Å². The molecule has 0 spiro atoms. The maximum atomic E-state index is 12.7. The Morgan fingerprint density at radius 2 is 1.94 bits per heavy atom. The molecule has 1 aliphatic rings. The van der Waals surface area contributed by atoms with Gasteiger partial charge in [-0.25, -0.2) is 9.97 Å². The largest absolute Gasteiger partial charge is 0.464 e. The van der Waals surface area contributed by atoms with Crippen LogP contribution in [-0.2, 0) is 0 Å². The third kappa shape index (κ3) is 3.69. The summed E-state index contributed by atoms with van der Waals surface area (Å²) in [4.78, 5) is 27.6. The molecule has 31 heavy (non-hydrogen) atoms. The summed E-state index contributed by atoms with van der Waals surface area (Å²) < 4.78 is 5.44. The number of hydrogen-bond donors (Lipinski definition) is 1. The number of aromatic nitrogens is 3. The number of carbonyl (C=O) groups excluding carboxylic acids is 1. The number of pyridine rings is 1. The van der Waals surface area contributed by atoms with Gasteiger partial charge in [-0.2, -0.15) is 5.26 Å². The van der Waals surface area contributed by atoms with Crippen LogP contribution in [0.15, 0.2) is 65.7 Å². The average Bonchev–Trinajstić information content (AvgIpc) is 3.49. The molecule has 1 amide bonds. The SMILES string of the molecule is N#Cc1cnc(N2CCC(NC(=O)c3ccc(-c4nccc5occc45)cc3)C2)nc1. The molecule has 5 rings (SSSR count). The fraction of sp³-hybridized carbons (Fsp3) is 0.174. The van der Waals surface area contributed by atoms with E-state index in [2.05, 4.69) is 20.3 Å².